The van der Waals surface area contributed by atoms with Crippen LogP contribution in [0, 0.1) is 25.2 Å². The molecule has 9 nitrogen and oxygen atoms in total. The first kappa shape index (κ1) is 29.6. The number of amides is 1. The van der Waals surface area contributed by atoms with Gasteiger partial charge in [-0.3, -0.25) is 10.2 Å². The molecule has 0 radical (unpaired) electrons. The standard InChI is InChI=1S/C29H33ClN4O5S/c1-6-37-24-16-20(14-22-26(31)34-29(32-27(22)35)40-28(33-34)17(2)3)15-23(30)25(24)39-12-10-36-9-11-38-21-8-7-18(4)19(5)13-21/h7-8,13-17,31H,6,9-12H2,1-5H3/b22-14-,31-26?. The van der Waals surface area contributed by atoms with Gasteiger partial charge in [0.15, 0.2) is 17.3 Å². The minimum atomic E-state index is -0.503. The van der Waals surface area contributed by atoms with Crippen molar-refractivity contribution in [3.8, 4) is 17.2 Å². The largest absolute Gasteiger partial charge is 0.491 e. The van der Waals surface area contributed by atoms with Crippen LogP contribution in [-0.4, -0.2) is 60.0 Å². The molecule has 4 rings (SSSR count). The van der Waals surface area contributed by atoms with Gasteiger partial charge in [-0.2, -0.15) is 15.1 Å². The van der Waals surface area contributed by atoms with E-state index in [-0.39, 0.29) is 23.9 Å². The van der Waals surface area contributed by atoms with Gasteiger partial charge in [0, 0.05) is 5.92 Å². The molecule has 2 aliphatic heterocycles. The van der Waals surface area contributed by atoms with Crippen molar-refractivity contribution in [2.24, 2.45) is 16.0 Å². The van der Waals surface area contributed by atoms with E-state index in [1.807, 2.05) is 39.0 Å². The van der Waals surface area contributed by atoms with E-state index in [1.165, 1.54) is 27.9 Å². The molecule has 11 heteroatoms. The molecule has 0 saturated carbocycles. The average molecular weight is 585 g/mol. The number of carbonyl (C=O) groups is 1. The van der Waals surface area contributed by atoms with Crippen molar-refractivity contribution in [1.29, 1.82) is 5.41 Å². The number of nitrogens with zero attached hydrogens (tertiary/aromatic N) is 3. The number of ether oxygens (including phenoxy) is 4. The molecule has 0 fully saturated rings. The summed E-state index contributed by atoms with van der Waals surface area (Å²) >= 11 is 7.87. The van der Waals surface area contributed by atoms with Gasteiger partial charge in [-0.1, -0.05) is 31.5 Å². The van der Waals surface area contributed by atoms with Gasteiger partial charge >= 0.3 is 0 Å². The highest BCUT2D eigenvalue weighted by Gasteiger charge is 2.36. The van der Waals surface area contributed by atoms with Crippen LogP contribution >= 0.6 is 23.4 Å². The molecule has 0 bridgehead atoms. The predicted octanol–water partition coefficient (Wildman–Crippen LogP) is 6.11. The number of thioether (sulfide) groups is 1. The predicted molar refractivity (Wildman–Crippen MR) is 160 cm³/mol. The number of amidine groups is 2. The van der Waals surface area contributed by atoms with Crippen molar-refractivity contribution in [3.05, 3.63) is 57.6 Å². The zero-order valence-electron chi connectivity index (χ0n) is 23.2. The van der Waals surface area contributed by atoms with Crippen LogP contribution < -0.4 is 14.2 Å². The van der Waals surface area contributed by atoms with E-state index in [1.54, 1.807) is 18.2 Å². The molecule has 2 aromatic carbocycles. The third kappa shape index (κ3) is 7.04. The SMILES string of the molecule is CCOc1cc(/C=C2/C(=N)N3N=C(C(C)C)SC3=NC2=O)cc(Cl)c1OCCOCCOc1ccc(C)c(C)c1. The second-order valence-corrected chi connectivity index (χ2v) is 10.8. The van der Waals surface area contributed by atoms with E-state index in [4.69, 9.17) is 36.0 Å². The molecule has 40 heavy (non-hydrogen) atoms. The molecule has 0 saturated heterocycles. The minimum absolute atomic E-state index is 0.0359. The molecule has 2 heterocycles. The molecule has 212 valence electrons. The van der Waals surface area contributed by atoms with Crippen molar-refractivity contribution in [3.63, 3.8) is 0 Å². The summed E-state index contributed by atoms with van der Waals surface area (Å²) in [4.78, 5) is 16.9. The van der Waals surface area contributed by atoms with Crippen LogP contribution in [0.15, 0.2) is 46.0 Å². The Morgan fingerprint density at radius 1 is 1.05 bits per heavy atom. The van der Waals surface area contributed by atoms with Crippen molar-refractivity contribution >= 4 is 51.4 Å². The maximum Gasteiger partial charge on any atom is 0.283 e. The summed E-state index contributed by atoms with van der Waals surface area (Å²) in [6.45, 7) is 11.8. The van der Waals surface area contributed by atoms with Gasteiger partial charge in [0.1, 0.15) is 24.0 Å². The van der Waals surface area contributed by atoms with E-state index < -0.39 is 5.91 Å². The molecule has 0 atom stereocenters. The van der Waals surface area contributed by atoms with Crippen molar-refractivity contribution in [1.82, 2.24) is 5.01 Å². The molecular weight excluding hydrogens is 552 g/mol. The lowest BCUT2D eigenvalue weighted by Gasteiger charge is -2.20. The molecule has 0 unspecified atom stereocenters. The highest BCUT2D eigenvalue weighted by atomic mass is 35.5. The third-order valence-corrected chi connectivity index (χ3v) is 7.55. The quantitative estimate of drug-likeness (QED) is 0.237. The monoisotopic (exact) mass is 584 g/mol. The zero-order valence-corrected chi connectivity index (χ0v) is 24.8. The summed E-state index contributed by atoms with van der Waals surface area (Å²) in [6, 6.07) is 9.37. The fourth-order valence-corrected chi connectivity index (χ4v) is 4.97. The number of nitrogens with one attached hydrogen (secondary N) is 1. The fraction of sp³-hybridized carbons (Fsp3) is 0.379. The van der Waals surface area contributed by atoms with Crippen molar-refractivity contribution < 1.29 is 23.7 Å². The Hall–Kier alpha value is -3.34. The number of halogens is 1. The van der Waals surface area contributed by atoms with Crippen molar-refractivity contribution in [2.45, 2.75) is 34.6 Å². The third-order valence-electron chi connectivity index (χ3n) is 6.06. The maximum absolute atomic E-state index is 12.7. The van der Waals surface area contributed by atoms with Crippen LogP contribution in [0.5, 0.6) is 17.2 Å². The van der Waals surface area contributed by atoms with Gasteiger partial charge < -0.3 is 18.9 Å². The lowest BCUT2D eigenvalue weighted by atomic mass is 10.1. The summed E-state index contributed by atoms with van der Waals surface area (Å²) in [6.07, 6.45) is 1.56. The number of hydrogen-bond acceptors (Lipinski definition) is 8. The van der Waals surface area contributed by atoms with Gasteiger partial charge in [-0.05, 0) is 79.6 Å². The smallest absolute Gasteiger partial charge is 0.283 e. The van der Waals surface area contributed by atoms with Gasteiger partial charge in [-0.25, -0.2) is 0 Å². The van der Waals surface area contributed by atoms with Gasteiger partial charge in [0.05, 0.1) is 30.4 Å². The second kappa shape index (κ2) is 13.3. The summed E-state index contributed by atoms with van der Waals surface area (Å²) < 4.78 is 23.0. The Kier molecular flexibility index (Phi) is 9.89. The van der Waals surface area contributed by atoms with Crippen LogP contribution in [0.2, 0.25) is 5.02 Å². The average Bonchev–Trinajstić information content (AvgIpc) is 3.34. The maximum atomic E-state index is 12.7. The number of hydrogen-bond donors (Lipinski definition) is 1. The summed E-state index contributed by atoms with van der Waals surface area (Å²) in [7, 11) is 0. The lowest BCUT2D eigenvalue weighted by Crippen LogP contribution is -2.35. The second-order valence-electron chi connectivity index (χ2n) is 9.43. The topological polar surface area (TPSA) is 106 Å². The Bertz CT molecular complexity index is 1390. The van der Waals surface area contributed by atoms with E-state index in [2.05, 4.69) is 23.9 Å². The molecule has 0 spiro atoms. The highest BCUT2D eigenvalue weighted by molar-refractivity contribution is 8.27. The normalized spacial score (nSPS) is 15.9. The number of carbonyl (C=O) groups excluding carboxylic acids is 1. The molecule has 1 N–H and O–H groups in total. The number of fused-ring (bicyclic) bond motifs is 1. The Labute approximate surface area is 243 Å². The number of aryl methyl sites for hydroxylation is 2. The lowest BCUT2D eigenvalue weighted by molar-refractivity contribution is -0.114. The van der Waals surface area contributed by atoms with E-state index in [0.29, 0.717) is 53.7 Å². The van der Waals surface area contributed by atoms with Gasteiger partial charge in [-0.15, -0.1) is 0 Å². The van der Waals surface area contributed by atoms with E-state index in [0.717, 1.165) is 10.8 Å². The first-order chi connectivity index (χ1) is 19.2. The molecular formula is C29H33ClN4O5S. The van der Waals surface area contributed by atoms with Crippen molar-refractivity contribution in [2.75, 3.05) is 33.0 Å². The molecule has 0 aliphatic carbocycles. The highest BCUT2D eigenvalue weighted by Crippen LogP contribution is 2.38. The van der Waals surface area contributed by atoms with Crippen LogP contribution in [0.4, 0.5) is 0 Å². The van der Waals surface area contributed by atoms with E-state index >= 15 is 0 Å². The fourth-order valence-electron chi connectivity index (χ4n) is 3.81. The Morgan fingerprint density at radius 3 is 2.50 bits per heavy atom. The zero-order chi connectivity index (χ0) is 28.8. The Morgan fingerprint density at radius 2 is 1.80 bits per heavy atom. The number of rotatable bonds is 12. The summed E-state index contributed by atoms with van der Waals surface area (Å²) in [5.41, 5.74) is 3.10. The van der Waals surface area contributed by atoms with Gasteiger partial charge in [0.25, 0.3) is 5.91 Å². The van der Waals surface area contributed by atoms with Gasteiger partial charge in [0.2, 0.25) is 5.17 Å². The Balaban J connectivity index is 1.36. The first-order valence-corrected chi connectivity index (χ1v) is 14.2. The van der Waals surface area contributed by atoms with E-state index in [9.17, 15) is 4.79 Å². The van der Waals surface area contributed by atoms with Crippen LogP contribution in [-0.2, 0) is 9.53 Å². The summed E-state index contributed by atoms with van der Waals surface area (Å²) in [5.74, 6) is 1.25. The molecule has 1 amide bonds. The number of benzene rings is 2. The van der Waals surface area contributed by atoms with Crippen LogP contribution in [0.1, 0.15) is 37.5 Å². The van der Waals surface area contributed by atoms with Crippen LogP contribution in [0.25, 0.3) is 6.08 Å². The molecule has 0 aromatic heterocycles. The summed E-state index contributed by atoms with van der Waals surface area (Å²) in [5, 5.41) is 15.9. The number of hydrazone groups is 1. The minimum Gasteiger partial charge on any atom is -0.491 e. The molecule has 2 aromatic rings. The number of aliphatic imine (C=N–C) groups is 1. The van der Waals surface area contributed by atoms with Crippen LogP contribution in [0.3, 0.4) is 0 Å². The first-order valence-electron chi connectivity index (χ1n) is 13.0. The molecule has 2 aliphatic rings.